The molecule has 3 nitrogen and oxygen atoms in total. The van der Waals surface area contributed by atoms with E-state index in [2.05, 4.69) is 27.6 Å². The van der Waals surface area contributed by atoms with Crippen LogP contribution in [0.25, 0.3) is 0 Å². The van der Waals surface area contributed by atoms with Gasteiger partial charge in [-0.1, -0.05) is 13.3 Å². The van der Waals surface area contributed by atoms with Gasteiger partial charge < -0.3 is 15.0 Å². The first-order valence-corrected chi connectivity index (χ1v) is 2.40. The van der Waals surface area contributed by atoms with E-state index in [1.54, 1.807) is 0 Å². The Morgan fingerprint density at radius 3 is 2.00 bits per heavy atom. The third-order valence-corrected chi connectivity index (χ3v) is 0.774. The predicted molar refractivity (Wildman–Crippen MR) is 26.9 cm³/mol. The molecule has 0 saturated heterocycles. The normalized spacial score (nSPS) is 7.30. The minimum atomic E-state index is 0. The van der Waals surface area contributed by atoms with Crippen molar-refractivity contribution in [2.75, 3.05) is 0 Å². The summed E-state index contributed by atoms with van der Waals surface area (Å²) in [5.74, 6) is 0.736. The third-order valence-electron chi connectivity index (χ3n) is 0.774. The summed E-state index contributed by atoms with van der Waals surface area (Å²) in [6.07, 6.45) is 5.60. The van der Waals surface area contributed by atoms with Crippen LogP contribution in [0.5, 0.6) is 0 Å². The van der Waals surface area contributed by atoms with Crippen molar-refractivity contribution in [2.45, 2.75) is 13.3 Å². The van der Waals surface area contributed by atoms with Gasteiger partial charge in [0.2, 0.25) is 0 Å². The van der Waals surface area contributed by atoms with Crippen molar-refractivity contribution in [3.05, 3.63) is 18.5 Å². The van der Waals surface area contributed by atoms with Gasteiger partial charge in [-0.25, -0.2) is 0 Å². The molecular formula is C5H5N3Y2-2. The number of hydrogen-bond acceptors (Lipinski definition) is 3. The number of rotatable bonds is 1. The van der Waals surface area contributed by atoms with Crippen LogP contribution in [0.2, 0.25) is 0 Å². The van der Waals surface area contributed by atoms with Crippen LogP contribution >= 0.6 is 0 Å². The second-order valence-corrected chi connectivity index (χ2v) is 1.31. The van der Waals surface area contributed by atoms with E-state index in [-0.39, 0.29) is 65.4 Å². The molecule has 1 aromatic heterocycles. The molecule has 2 radical (unpaired) electrons. The molecule has 0 spiro atoms. The molecule has 0 aliphatic rings. The Bertz CT molecular complexity index is 156. The van der Waals surface area contributed by atoms with Gasteiger partial charge in [-0.3, -0.25) is 0 Å². The number of aryl methyl sites for hydroxylation is 1. The largest absolute Gasteiger partial charge is 0.505 e. The molecule has 0 fully saturated rings. The molecule has 0 unspecified atom stereocenters. The topological polar surface area (TPSA) is 38.7 Å². The second-order valence-electron chi connectivity index (χ2n) is 1.31. The predicted octanol–water partition coefficient (Wildman–Crippen LogP) is 0.0294. The van der Waals surface area contributed by atoms with Crippen molar-refractivity contribution < 1.29 is 65.4 Å². The Hall–Kier alpha value is 1.22. The minimum Gasteiger partial charge on any atom is -0.505 e. The van der Waals surface area contributed by atoms with Crippen molar-refractivity contribution in [3.8, 4) is 0 Å². The van der Waals surface area contributed by atoms with Crippen molar-refractivity contribution in [2.24, 2.45) is 0 Å². The molecule has 1 rings (SSSR count). The fraction of sp³-hybridized carbons (Fsp3) is 0.400. The van der Waals surface area contributed by atoms with E-state index in [9.17, 15) is 0 Å². The van der Waals surface area contributed by atoms with Crippen LogP contribution in [-0.4, -0.2) is 15.0 Å². The smallest absolute Gasteiger partial charge is 0 e. The monoisotopic (exact) mass is 285 g/mol. The molecule has 48 valence electrons. The van der Waals surface area contributed by atoms with E-state index >= 15 is 0 Å². The Morgan fingerprint density at radius 1 is 1.20 bits per heavy atom. The van der Waals surface area contributed by atoms with Crippen LogP contribution < -0.4 is 0 Å². The summed E-state index contributed by atoms with van der Waals surface area (Å²) < 4.78 is 0. The van der Waals surface area contributed by atoms with Gasteiger partial charge in [-0.15, -0.1) is 5.82 Å². The maximum atomic E-state index is 3.72. The molecule has 0 aliphatic heterocycles. The van der Waals surface area contributed by atoms with Crippen LogP contribution in [0, 0.1) is 12.7 Å². The fourth-order valence-corrected chi connectivity index (χ4v) is 0.371. The van der Waals surface area contributed by atoms with Gasteiger partial charge in [0, 0.05) is 65.4 Å². The van der Waals surface area contributed by atoms with Crippen LogP contribution in [-0.2, 0) is 71.8 Å². The molecule has 0 saturated carbocycles. The van der Waals surface area contributed by atoms with Gasteiger partial charge in [-0.2, -0.15) is 12.7 Å². The molecule has 1 heterocycles. The van der Waals surface area contributed by atoms with Gasteiger partial charge in [0.05, 0.1) is 0 Å². The zero-order chi connectivity index (χ0) is 5.82. The summed E-state index contributed by atoms with van der Waals surface area (Å²) in [4.78, 5) is 10.9. The summed E-state index contributed by atoms with van der Waals surface area (Å²) >= 11 is 0. The first-order chi connectivity index (χ1) is 3.93. The maximum Gasteiger partial charge on any atom is 0 e. The minimum absolute atomic E-state index is 0. The van der Waals surface area contributed by atoms with E-state index in [0.29, 0.717) is 0 Å². The molecule has 0 amide bonds. The maximum absolute atomic E-state index is 3.72. The van der Waals surface area contributed by atoms with Crippen LogP contribution in [0.15, 0.2) is 0 Å². The Morgan fingerprint density at radius 2 is 1.70 bits per heavy atom. The molecule has 0 N–H and O–H groups in total. The SMILES string of the molecule is CCc1n[c-]n[c-]n1.[Y].[Y]. The average molecular weight is 285 g/mol. The Balaban J connectivity index is 0. The molecule has 1 aromatic rings. The van der Waals surface area contributed by atoms with Gasteiger partial charge in [0.15, 0.2) is 0 Å². The molecular weight excluding hydrogens is 280 g/mol. The van der Waals surface area contributed by atoms with E-state index in [1.165, 1.54) is 0 Å². The summed E-state index contributed by atoms with van der Waals surface area (Å²) in [7, 11) is 0. The van der Waals surface area contributed by atoms with E-state index in [4.69, 9.17) is 0 Å². The Kier molecular flexibility index (Phi) is 11.5. The van der Waals surface area contributed by atoms with Crippen molar-refractivity contribution in [1.82, 2.24) is 15.0 Å². The van der Waals surface area contributed by atoms with Crippen molar-refractivity contribution >= 4 is 0 Å². The van der Waals surface area contributed by atoms with Gasteiger partial charge >= 0.3 is 0 Å². The van der Waals surface area contributed by atoms with E-state index in [0.717, 1.165) is 12.2 Å². The first-order valence-electron chi connectivity index (χ1n) is 2.40. The summed E-state index contributed by atoms with van der Waals surface area (Å²) in [6, 6.07) is 0. The van der Waals surface area contributed by atoms with Gasteiger partial charge in [0.25, 0.3) is 0 Å². The van der Waals surface area contributed by atoms with E-state index < -0.39 is 0 Å². The third kappa shape index (κ3) is 4.95. The zero-order valence-corrected chi connectivity index (χ0v) is 11.4. The molecule has 5 heteroatoms. The average Bonchev–Trinajstić information content (AvgIpc) is 1.90. The standard InChI is InChI=1S/C5H5N3.2Y/c1-2-5-7-3-6-4-8-5;;/h2H2,1H3;;/q-2;;. The Labute approximate surface area is 111 Å². The molecule has 0 atom stereocenters. The fourth-order valence-electron chi connectivity index (χ4n) is 0.371. The molecule has 0 aliphatic carbocycles. The van der Waals surface area contributed by atoms with Crippen LogP contribution in [0.3, 0.4) is 0 Å². The van der Waals surface area contributed by atoms with Crippen molar-refractivity contribution in [3.63, 3.8) is 0 Å². The molecule has 0 aromatic carbocycles. The van der Waals surface area contributed by atoms with Gasteiger partial charge in [0.1, 0.15) is 0 Å². The first kappa shape index (κ1) is 13.8. The molecule has 0 bridgehead atoms. The molecule has 10 heavy (non-hydrogen) atoms. The summed E-state index contributed by atoms with van der Waals surface area (Å²) in [5, 5.41) is 0. The van der Waals surface area contributed by atoms with Crippen LogP contribution in [0.4, 0.5) is 0 Å². The second kappa shape index (κ2) is 8.32. The number of hydrogen-bond donors (Lipinski definition) is 0. The summed E-state index contributed by atoms with van der Waals surface area (Å²) in [6.45, 7) is 1.97. The zero-order valence-electron chi connectivity index (χ0n) is 5.70. The summed E-state index contributed by atoms with van der Waals surface area (Å²) in [5.41, 5.74) is 0. The van der Waals surface area contributed by atoms with Gasteiger partial charge in [-0.05, 0) is 0 Å². The quantitative estimate of drug-likeness (QED) is 0.683. The number of aromatic nitrogens is 3. The van der Waals surface area contributed by atoms with Crippen LogP contribution in [0.1, 0.15) is 12.7 Å². The number of nitrogens with zero attached hydrogens (tertiary/aromatic N) is 3. The van der Waals surface area contributed by atoms with E-state index in [1.807, 2.05) is 6.92 Å². The van der Waals surface area contributed by atoms with Crippen molar-refractivity contribution in [1.29, 1.82) is 0 Å².